The molecule has 0 saturated heterocycles. The summed E-state index contributed by atoms with van der Waals surface area (Å²) in [5.41, 5.74) is 15.8. The van der Waals surface area contributed by atoms with E-state index in [-0.39, 0.29) is 0 Å². The van der Waals surface area contributed by atoms with Gasteiger partial charge in [0.15, 0.2) is 0 Å². The lowest BCUT2D eigenvalue weighted by atomic mass is 9.85. The van der Waals surface area contributed by atoms with Crippen molar-refractivity contribution in [1.29, 1.82) is 0 Å². The standard InChI is InChI=1S/C43H29N3/c44-33-23-24-40-39(27-33)45-43(46(40)34-15-2-1-3-16-34)32-14-10-13-30(26-32)41-35-17-6-8-19-37(35)42(38-20-9-7-18-36(38)41)31-22-21-28-11-4-5-12-29(28)25-31/h1-27H,44H2. The summed E-state index contributed by atoms with van der Waals surface area (Å²) >= 11 is 0. The van der Waals surface area contributed by atoms with Gasteiger partial charge in [-0.05, 0) is 97.0 Å². The van der Waals surface area contributed by atoms with E-state index in [0.717, 1.165) is 33.7 Å². The zero-order valence-electron chi connectivity index (χ0n) is 25.1. The molecule has 0 aliphatic rings. The largest absolute Gasteiger partial charge is 0.399 e. The molecule has 0 unspecified atom stereocenters. The number of nitrogens with zero attached hydrogens (tertiary/aromatic N) is 2. The number of rotatable bonds is 4. The van der Waals surface area contributed by atoms with E-state index in [1.807, 2.05) is 18.2 Å². The number of fused-ring (bicyclic) bond motifs is 4. The highest BCUT2D eigenvalue weighted by Crippen LogP contribution is 2.44. The van der Waals surface area contributed by atoms with E-state index >= 15 is 0 Å². The number of hydrogen-bond acceptors (Lipinski definition) is 2. The van der Waals surface area contributed by atoms with Crippen LogP contribution in [0.15, 0.2) is 164 Å². The second-order valence-corrected chi connectivity index (χ2v) is 11.8. The van der Waals surface area contributed by atoms with Crippen LogP contribution in [0.3, 0.4) is 0 Å². The molecule has 2 N–H and O–H groups in total. The summed E-state index contributed by atoms with van der Waals surface area (Å²) in [7, 11) is 0. The van der Waals surface area contributed by atoms with Gasteiger partial charge in [-0.15, -0.1) is 0 Å². The normalized spacial score (nSPS) is 11.6. The Hall–Kier alpha value is -6.19. The number of anilines is 1. The molecule has 0 radical (unpaired) electrons. The van der Waals surface area contributed by atoms with E-state index in [9.17, 15) is 0 Å². The van der Waals surface area contributed by atoms with Gasteiger partial charge in [0.2, 0.25) is 0 Å². The van der Waals surface area contributed by atoms with Crippen LogP contribution in [0.1, 0.15) is 0 Å². The highest BCUT2D eigenvalue weighted by molar-refractivity contribution is 6.21. The van der Waals surface area contributed by atoms with Crippen molar-refractivity contribution >= 4 is 49.0 Å². The van der Waals surface area contributed by atoms with Crippen molar-refractivity contribution in [2.45, 2.75) is 0 Å². The first-order valence-electron chi connectivity index (χ1n) is 15.6. The molecule has 3 heteroatoms. The average Bonchev–Trinajstić information content (AvgIpc) is 3.49. The molecule has 0 saturated carbocycles. The molecule has 0 fully saturated rings. The number of nitrogens with two attached hydrogens (primary N) is 1. The van der Waals surface area contributed by atoms with Gasteiger partial charge in [-0.3, -0.25) is 4.57 Å². The van der Waals surface area contributed by atoms with E-state index in [0.29, 0.717) is 5.69 Å². The fourth-order valence-corrected chi connectivity index (χ4v) is 7.04. The lowest BCUT2D eigenvalue weighted by molar-refractivity contribution is 1.10. The van der Waals surface area contributed by atoms with Crippen molar-refractivity contribution in [2.24, 2.45) is 0 Å². The predicted octanol–water partition coefficient (Wildman–Crippen LogP) is 11.1. The van der Waals surface area contributed by atoms with Crippen LogP contribution in [0, 0.1) is 0 Å². The van der Waals surface area contributed by atoms with Gasteiger partial charge in [0.05, 0.1) is 11.0 Å². The van der Waals surface area contributed by atoms with Crippen LogP contribution in [0.4, 0.5) is 5.69 Å². The minimum atomic E-state index is 0.704. The van der Waals surface area contributed by atoms with Crippen molar-refractivity contribution in [3.8, 4) is 39.3 Å². The molecule has 3 nitrogen and oxygen atoms in total. The van der Waals surface area contributed by atoms with Crippen LogP contribution < -0.4 is 5.73 Å². The Morgan fingerprint density at radius 3 is 1.72 bits per heavy atom. The first-order valence-corrected chi connectivity index (χ1v) is 15.6. The van der Waals surface area contributed by atoms with Crippen LogP contribution in [-0.4, -0.2) is 9.55 Å². The van der Waals surface area contributed by atoms with E-state index in [2.05, 4.69) is 150 Å². The van der Waals surface area contributed by atoms with Crippen LogP contribution in [0.25, 0.3) is 82.7 Å². The third-order valence-corrected chi connectivity index (χ3v) is 9.07. The zero-order chi connectivity index (χ0) is 30.6. The Morgan fingerprint density at radius 1 is 0.435 bits per heavy atom. The number of aromatic nitrogens is 2. The first kappa shape index (κ1) is 26.2. The molecule has 0 amide bonds. The van der Waals surface area contributed by atoms with Gasteiger partial charge < -0.3 is 5.73 Å². The van der Waals surface area contributed by atoms with Crippen LogP contribution in [0.5, 0.6) is 0 Å². The Bertz CT molecular complexity index is 2540. The van der Waals surface area contributed by atoms with Crippen molar-refractivity contribution in [2.75, 3.05) is 5.73 Å². The average molecular weight is 588 g/mol. The van der Waals surface area contributed by atoms with Crippen LogP contribution in [-0.2, 0) is 0 Å². The lowest BCUT2D eigenvalue weighted by Crippen LogP contribution is -1.98. The van der Waals surface area contributed by atoms with Crippen molar-refractivity contribution < 1.29 is 0 Å². The van der Waals surface area contributed by atoms with Gasteiger partial charge in [0.1, 0.15) is 5.82 Å². The monoisotopic (exact) mass is 587 g/mol. The molecule has 8 aromatic carbocycles. The molecule has 46 heavy (non-hydrogen) atoms. The predicted molar refractivity (Wildman–Crippen MR) is 194 cm³/mol. The second kappa shape index (κ2) is 10.5. The Labute approximate surface area is 266 Å². The molecule has 1 aromatic heterocycles. The lowest BCUT2D eigenvalue weighted by Gasteiger charge is -2.18. The number of nitrogen functional groups attached to an aromatic ring is 1. The van der Waals surface area contributed by atoms with Gasteiger partial charge in [0, 0.05) is 16.9 Å². The maximum Gasteiger partial charge on any atom is 0.145 e. The van der Waals surface area contributed by atoms with Gasteiger partial charge in [0.25, 0.3) is 0 Å². The van der Waals surface area contributed by atoms with E-state index in [4.69, 9.17) is 10.7 Å². The summed E-state index contributed by atoms with van der Waals surface area (Å²) in [6.45, 7) is 0. The van der Waals surface area contributed by atoms with Crippen molar-refractivity contribution in [3.05, 3.63) is 164 Å². The highest BCUT2D eigenvalue weighted by atomic mass is 15.1. The fraction of sp³-hybridized carbons (Fsp3) is 0. The van der Waals surface area contributed by atoms with E-state index in [1.165, 1.54) is 49.0 Å². The third kappa shape index (κ3) is 4.17. The summed E-state index contributed by atoms with van der Waals surface area (Å²) in [5, 5.41) is 7.43. The summed E-state index contributed by atoms with van der Waals surface area (Å²) in [6.07, 6.45) is 0. The van der Waals surface area contributed by atoms with E-state index in [1.54, 1.807) is 0 Å². The zero-order valence-corrected chi connectivity index (χ0v) is 25.1. The molecular formula is C43H29N3. The second-order valence-electron chi connectivity index (χ2n) is 11.8. The van der Waals surface area contributed by atoms with Gasteiger partial charge >= 0.3 is 0 Å². The topological polar surface area (TPSA) is 43.8 Å². The molecule has 0 aliphatic carbocycles. The molecular weight excluding hydrogens is 558 g/mol. The molecule has 0 spiro atoms. The number of benzene rings is 8. The smallest absolute Gasteiger partial charge is 0.145 e. The first-order chi connectivity index (χ1) is 22.7. The molecule has 0 aliphatic heterocycles. The SMILES string of the molecule is Nc1ccc2c(c1)nc(-c1cccc(-c3c4ccccc4c(-c4ccc5ccccc5c4)c4ccccc34)c1)n2-c1ccccc1. The Balaban J connectivity index is 1.31. The molecule has 9 rings (SSSR count). The summed E-state index contributed by atoms with van der Waals surface area (Å²) in [6, 6.07) is 58.2. The van der Waals surface area contributed by atoms with Gasteiger partial charge in [-0.2, -0.15) is 0 Å². The maximum absolute atomic E-state index is 6.20. The molecule has 1 heterocycles. The Morgan fingerprint density at radius 2 is 1.02 bits per heavy atom. The molecule has 0 atom stereocenters. The van der Waals surface area contributed by atoms with Crippen molar-refractivity contribution in [3.63, 3.8) is 0 Å². The van der Waals surface area contributed by atoms with Crippen LogP contribution >= 0.6 is 0 Å². The van der Waals surface area contributed by atoms with Gasteiger partial charge in [-0.1, -0.05) is 121 Å². The number of imidazole rings is 1. The summed E-state index contributed by atoms with van der Waals surface area (Å²) < 4.78 is 2.23. The van der Waals surface area contributed by atoms with Crippen LogP contribution in [0.2, 0.25) is 0 Å². The maximum atomic E-state index is 6.20. The fourth-order valence-electron chi connectivity index (χ4n) is 7.04. The highest BCUT2D eigenvalue weighted by Gasteiger charge is 2.19. The molecule has 216 valence electrons. The quantitative estimate of drug-likeness (QED) is 0.164. The Kier molecular flexibility index (Phi) is 5.97. The van der Waals surface area contributed by atoms with Gasteiger partial charge in [-0.25, -0.2) is 4.98 Å². The van der Waals surface area contributed by atoms with Crippen molar-refractivity contribution in [1.82, 2.24) is 9.55 Å². The molecule has 9 aromatic rings. The number of para-hydroxylation sites is 1. The summed E-state index contributed by atoms with van der Waals surface area (Å²) in [5.74, 6) is 0.884. The summed E-state index contributed by atoms with van der Waals surface area (Å²) in [4.78, 5) is 5.14. The minimum Gasteiger partial charge on any atom is -0.399 e. The van der Waals surface area contributed by atoms with E-state index < -0.39 is 0 Å². The minimum absolute atomic E-state index is 0.704. The third-order valence-electron chi connectivity index (χ3n) is 9.07. The molecule has 0 bridgehead atoms. The number of hydrogen-bond donors (Lipinski definition) is 1.